The molecule has 2 amide bonds. The Morgan fingerprint density at radius 1 is 1.19 bits per heavy atom. The molecule has 0 unspecified atom stereocenters. The van der Waals surface area contributed by atoms with E-state index in [1.165, 1.54) is 0 Å². The largest absolute Gasteiger partial charge is 0.387 e. The fourth-order valence-corrected chi connectivity index (χ4v) is 1.93. The van der Waals surface area contributed by atoms with Crippen LogP contribution in [0.2, 0.25) is 0 Å². The molecular weight excluding hydrogens is 266 g/mol. The first-order valence-electron chi connectivity index (χ1n) is 7.10. The molecule has 1 aromatic rings. The third-order valence-corrected chi connectivity index (χ3v) is 2.84. The van der Waals surface area contributed by atoms with Crippen molar-refractivity contribution in [2.24, 2.45) is 0 Å². The quantitative estimate of drug-likeness (QED) is 0.778. The number of anilines is 1. The van der Waals surface area contributed by atoms with Crippen LogP contribution in [-0.2, 0) is 4.79 Å². The highest BCUT2D eigenvalue weighted by atomic mass is 16.2. The molecule has 0 aliphatic heterocycles. The number of benzene rings is 1. The van der Waals surface area contributed by atoms with Gasteiger partial charge in [0.05, 0.1) is 5.56 Å². The Balaban J connectivity index is 2.55. The van der Waals surface area contributed by atoms with Gasteiger partial charge in [0.25, 0.3) is 5.91 Å². The van der Waals surface area contributed by atoms with Gasteiger partial charge in [0.1, 0.15) is 0 Å². The van der Waals surface area contributed by atoms with E-state index in [0.717, 1.165) is 11.3 Å². The van der Waals surface area contributed by atoms with Crippen molar-refractivity contribution in [3.63, 3.8) is 0 Å². The van der Waals surface area contributed by atoms with Crippen molar-refractivity contribution in [1.82, 2.24) is 10.6 Å². The monoisotopic (exact) mass is 291 g/mol. The van der Waals surface area contributed by atoms with E-state index in [1.807, 2.05) is 45.9 Å². The number of nitrogens with one attached hydrogen (secondary N) is 3. The van der Waals surface area contributed by atoms with Crippen LogP contribution >= 0.6 is 0 Å². The number of carbonyl (C=O) groups excluding carboxylic acids is 2. The van der Waals surface area contributed by atoms with Gasteiger partial charge in [-0.25, -0.2) is 0 Å². The second kappa shape index (κ2) is 7.11. The molecule has 1 aromatic carbocycles. The molecule has 1 rings (SSSR count). The average Bonchev–Trinajstić information content (AvgIpc) is 2.36. The molecule has 0 radical (unpaired) electrons. The fraction of sp³-hybridized carbons (Fsp3) is 0.500. The zero-order valence-electron chi connectivity index (χ0n) is 13.5. The Morgan fingerprint density at radius 2 is 1.86 bits per heavy atom. The lowest BCUT2D eigenvalue weighted by Crippen LogP contribution is -2.42. The highest BCUT2D eigenvalue weighted by Gasteiger charge is 2.14. The van der Waals surface area contributed by atoms with Gasteiger partial charge in [-0.3, -0.25) is 9.59 Å². The minimum Gasteiger partial charge on any atom is -0.387 e. The molecule has 3 N–H and O–H groups in total. The van der Waals surface area contributed by atoms with Crippen molar-refractivity contribution in [3.8, 4) is 0 Å². The van der Waals surface area contributed by atoms with E-state index in [-0.39, 0.29) is 23.8 Å². The van der Waals surface area contributed by atoms with Crippen LogP contribution in [0.5, 0.6) is 0 Å². The van der Waals surface area contributed by atoms with Crippen LogP contribution in [0.3, 0.4) is 0 Å². The van der Waals surface area contributed by atoms with E-state index in [0.29, 0.717) is 12.1 Å². The van der Waals surface area contributed by atoms with Gasteiger partial charge in [-0.05, 0) is 39.8 Å². The molecule has 5 heteroatoms. The first kappa shape index (κ1) is 17.0. The summed E-state index contributed by atoms with van der Waals surface area (Å²) in [6.07, 6.45) is 0.268. The van der Waals surface area contributed by atoms with Crippen molar-refractivity contribution in [3.05, 3.63) is 29.3 Å². The minimum atomic E-state index is -0.253. The van der Waals surface area contributed by atoms with Crippen molar-refractivity contribution in [2.75, 3.05) is 18.9 Å². The number of hydrogen-bond acceptors (Lipinski definition) is 3. The van der Waals surface area contributed by atoms with E-state index < -0.39 is 0 Å². The molecular formula is C16H25N3O2. The van der Waals surface area contributed by atoms with Crippen LogP contribution in [0.4, 0.5) is 5.69 Å². The van der Waals surface area contributed by atoms with Gasteiger partial charge in [0, 0.05) is 31.2 Å². The van der Waals surface area contributed by atoms with E-state index in [4.69, 9.17) is 0 Å². The summed E-state index contributed by atoms with van der Waals surface area (Å²) < 4.78 is 0. The summed E-state index contributed by atoms with van der Waals surface area (Å²) in [6, 6.07) is 5.65. The summed E-state index contributed by atoms with van der Waals surface area (Å²) in [7, 11) is 1.78. The lowest BCUT2D eigenvalue weighted by atomic mass is 10.1. The molecule has 0 spiro atoms. The molecule has 116 valence electrons. The highest BCUT2D eigenvalue weighted by molar-refractivity contribution is 6.00. The van der Waals surface area contributed by atoms with Gasteiger partial charge < -0.3 is 16.0 Å². The Hall–Kier alpha value is -2.04. The molecule has 0 bridgehead atoms. The van der Waals surface area contributed by atoms with Crippen molar-refractivity contribution < 1.29 is 9.59 Å². The van der Waals surface area contributed by atoms with Gasteiger partial charge in [0.15, 0.2) is 0 Å². The molecule has 5 nitrogen and oxygen atoms in total. The molecule has 0 saturated carbocycles. The standard InChI is InChI=1S/C16H25N3O2/c1-11-6-7-13(17-5)12(10-11)15(21)18-9-8-14(20)19-16(2,3)4/h6-7,10,17H,8-9H2,1-5H3,(H,18,21)(H,19,20). The molecule has 0 saturated heterocycles. The smallest absolute Gasteiger partial charge is 0.253 e. The van der Waals surface area contributed by atoms with Gasteiger partial charge in [-0.15, -0.1) is 0 Å². The van der Waals surface area contributed by atoms with E-state index >= 15 is 0 Å². The van der Waals surface area contributed by atoms with E-state index in [1.54, 1.807) is 7.05 Å². The summed E-state index contributed by atoms with van der Waals surface area (Å²) in [6.45, 7) is 8.03. The molecule has 0 aliphatic carbocycles. The number of rotatable bonds is 5. The van der Waals surface area contributed by atoms with Crippen LogP contribution in [0.15, 0.2) is 18.2 Å². The Bertz CT molecular complexity index is 519. The third kappa shape index (κ3) is 5.85. The van der Waals surface area contributed by atoms with E-state index in [2.05, 4.69) is 16.0 Å². The van der Waals surface area contributed by atoms with Crippen LogP contribution in [0.25, 0.3) is 0 Å². The lowest BCUT2D eigenvalue weighted by Gasteiger charge is -2.20. The SMILES string of the molecule is CNc1ccc(C)cc1C(=O)NCCC(=O)NC(C)(C)C. The minimum absolute atomic E-state index is 0.0686. The zero-order valence-corrected chi connectivity index (χ0v) is 13.5. The third-order valence-electron chi connectivity index (χ3n) is 2.84. The second-order valence-corrected chi connectivity index (χ2v) is 6.10. The van der Waals surface area contributed by atoms with Crippen molar-refractivity contribution in [1.29, 1.82) is 0 Å². The van der Waals surface area contributed by atoms with Gasteiger partial charge >= 0.3 is 0 Å². The average molecular weight is 291 g/mol. The second-order valence-electron chi connectivity index (χ2n) is 6.10. The van der Waals surface area contributed by atoms with Gasteiger partial charge in [-0.2, -0.15) is 0 Å². The highest BCUT2D eigenvalue weighted by Crippen LogP contribution is 2.16. The summed E-state index contributed by atoms with van der Waals surface area (Å²) in [5.41, 5.74) is 2.13. The molecule has 21 heavy (non-hydrogen) atoms. The molecule has 0 aromatic heterocycles. The zero-order chi connectivity index (χ0) is 16.0. The van der Waals surface area contributed by atoms with E-state index in [9.17, 15) is 9.59 Å². The normalized spacial score (nSPS) is 10.9. The molecule has 0 atom stereocenters. The Kier molecular flexibility index (Phi) is 5.76. The van der Waals surface area contributed by atoms with Crippen LogP contribution < -0.4 is 16.0 Å². The first-order chi connectivity index (χ1) is 9.73. The topological polar surface area (TPSA) is 70.2 Å². The summed E-state index contributed by atoms with van der Waals surface area (Å²) in [4.78, 5) is 23.8. The molecule has 0 aliphatic rings. The predicted octanol–water partition coefficient (Wildman–Crippen LogP) is 2.07. The van der Waals surface area contributed by atoms with Crippen LogP contribution in [0, 0.1) is 6.92 Å². The molecule has 0 fully saturated rings. The predicted molar refractivity (Wildman–Crippen MR) is 85.6 cm³/mol. The molecule has 0 heterocycles. The maximum atomic E-state index is 12.2. The van der Waals surface area contributed by atoms with Gasteiger partial charge in [0.2, 0.25) is 5.91 Å². The number of aryl methyl sites for hydroxylation is 1. The number of carbonyl (C=O) groups is 2. The summed E-state index contributed by atoms with van der Waals surface area (Å²) in [5.74, 6) is -0.243. The van der Waals surface area contributed by atoms with Crippen molar-refractivity contribution in [2.45, 2.75) is 39.7 Å². The number of amides is 2. The maximum Gasteiger partial charge on any atom is 0.253 e. The first-order valence-corrected chi connectivity index (χ1v) is 7.10. The van der Waals surface area contributed by atoms with Crippen molar-refractivity contribution >= 4 is 17.5 Å². The van der Waals surface area contributed by atoms with Crippen LogP contribution in [0.1, 0.15) is 43.1 Å². The fourth-order valence-electron chi connectivity index (χ4n) is 1.93. The maximum absolute atomic E-state index is 12.2. The summed E-state index contributed by atoms with van der Waals surface area (Å²) in [5, 5.41) is 8.63. The lowest BCUT2D eigenvalue weighted by molar-refractivity contribution is -0.122. The Morgan fingerprint density at radius 3 is 2.43 bits per heavy atom. The number of hydrogen-bond donors (Lipinski definition) is 3. The van der Waals surface area contributed by atoms with Gasteiger partial charge in [-0.1, -0.05) is 11.6 Å². The Labute approximate surface area is 126 Å². The van der Waals surface area contributed by atoms with Crippen LogP contribution in [-0.4, -0.2) is 30.9 Å². The summed E-state index contributed by atoms with van der Waals surface area (Å²) >= 11 is 0.